The number of hydrogen-bond donors (Lipinski definition) is 0. The summed E-state index contributed by atoms with van der Waals surface area (Å²) in [6.07, 6.45) is 0. The molecule has 2 aromatic rings. The van der Waals surface area contributed by atoms with Crippen molar-refractivity contribution >= 4 is 46.9 Å². The van der Waals surface area contributed by atoms with E-state index < -0.39 is 36.8 Å². The number of esters is 1. The van der Waals surface area contributed by atoms with Gasteiger partial charge < -0.3 is 9.64 Å². The highest BCUT2D eigenvalue weighted by Crippen LogP contribution is 2.31. The maximum absolute atomic E-state index is 12.4. The van der Waals surface area contributed by atoms with Gasteiger partial charge in [-0.3, -0.25) is 24.1 Å². The lowest BCUT2D eigenvalue weighted by atomic mass is 10.1. The van der Waals surface area contributed by atoms with E-state index in [1.54, 1.807) is 7.05 Å². The molecule has 1 unspecified atom stereocenters. The Labute approximate surface area is 183 Å². The first-order valence-electron chi connectivity index (χ1n) is 9.02. The molecular formula is C21H18Cl2N2O5. The summed E-state index contributed by atoms with van der Waals surface area (Å²) in [5.41, 5.74) is 1.06. The van der Waals surface area contributed by atoms with Gasteiger partial charge in [-0.05, 0) is 24.6 Å². The van der Waals surface area contributed by atoms with E-state index in [-0.39, 0.29) is 27.2 Å². The number of imide groups is 1. The molecule has 0 aliphatic carbocycles. The quantitative estimate of drug-likeness (QED) is 0.499. The zero-order chi connectivity index (χ0) is 22.0. The van der Waals surface area contributed by atoms with Gasteiger partial charge in [0.25, 0.3) is 17.7 Å². The summed E-state index contributed by atoms with van der Waals surface area (Å²) < 4.78 is 4.99. The Kier molecular flexibility index (Phi) is 6.43. The molecule has 156 valence electrons. The molecule has 0 saturated heterocycles. The van der Waals surface area contributed by atoms with Gasteiger partial charge >= 0.3 is 5.97 Å². The highest BCUT2D eigenvalue weighted by molar-refractivity contribution is 6.43. The van der Waals surface area contributed by atoms with Crippen LogP contribution in [0.4, 0.5) is 0 Å². The van der Waals surface area contributed by atoms with Crippen molar-refractivity contribution in [1.29, 1.82) is 0 Å². The molecule has 0 N–H and O–H groups in total. The van der Waals surface area contributed by atoms with Crippen molar-refractivity contribution in [2.24, 2.45) is 0 Å². The van der Waals surface area contributed by atoms with Crippen LogP contribution < -0.4 is 0 Å². The molecule has 3 rings (SSSR count). The molecule has 0 fully saturated rings. The highest BCUT2D eigenvalue weighted by Gasteiger charge is 2.38. The van der Waals surface area contributed by atoms with Crippen molar-refractivity contribution in [2.75, 3.05) is 20.2 Å². The number of halogens is 2. The van der Waals surface area contributed by atoms with Crippen LogP contribution in [0.5, 0.6) is 0 Å². The zero-order valence-electron chi connectivity index (χ0n) is 16.2. The minimum Gasteiger partial charge on any atom is -0.454 e. The standard InChI is InChI=1S/C21H18Cl2N2O5/c1-12(13-6-4-3-5-7-13)24(2)18(26)11-30-19(27)10-25-20(28)14-8-16(22)17(23)9-15(14)21(25)29/h3-9,12H,10-11H2,1-2H3. The Morgan fingerprint density at radius 3 is 2.10 bits per heavy atom. The Bertz CT molecular complexity index is 985. The lowest BCUT2D eigenvalue weighted by molar-refractivity contribution is -0.152. The van der Waals surface area contributed by atoms with E-state index in [1.807, 2.05) is 37.3 Å². The maximum atomic E-state index is 12.4. The van der Waals surface area contributed by atoms with Crippen LogP contribution in [0.3, 0.4) is 0 Å². The predicted molar refractivity (Wildman–Crippen MR) is 110 cm³/mol. The maximum Gasteiger partial charge on any atom is 0.326 e. The van der Waals surface area contributed by atoms with Crippen molar-refractivity contribution in [3.05, 3.63) is 69.2 Å². The molecular weight excluding hydrogens is 431 g/mol. The number of ether oxygens (including phenoxy) is 1. The normalized spacial score (nSPS) is 13.8. The lowest BCUT2D eigenvalue weighted by Crippen LogP contribution is -2.38. The number of hydrogen-bond acceptors (Lipinski definition) is 5. The van der Waals surface area contributed by atoms with E-state index in [2.05, 4.69) is 0 Å². The van der Waals surface area contributed by atoms with Crippen LogP contribution in [0.1, 0.15) is 39.2 Å². The third-order valence-electron chi connectivity index (χ3n) is 4.91. The summed E-state index contributed by atoms with van der Waals surface area (Å²) in [4.78, 5) is 51.5. The molecule has 0 spiro atoms. The van der Waals surface area contributed by atoms with Crippen molar-refractivity contribution in [2.45, 2.75) is 13.0 Å². The zero-order valence-corrected chi connectivity index (χ0v) is 17.7. The molecule has 0 radical (unpaired) electrons. The van der Waals surface area contributed by atoms with Crippen LogP contribution in [0, 0.1) is 0 Å². The second kappa shape index (κ2) is 8.85. The Morgan fingerprint density at radius 2 is 1.57 bits per heavy atom. The van der Waals surface area contributed by atoms with E-state index in [1.165, 1.54) is 17.0 Å². The lowest BCUT2D eigenvalue weighted by Gasteiger charge is -2.25. The largest absolute Gasteiger partial charge is 0.454 e. The van der Waals surface area contributed by atoms with Crippen LogP contribution >= 0.6 is 23.2 Å². The number of carbonyl (C=O) groups is 4. The molecule has 0 bridgehead atoms. The van der Waals surface area contributed by atoms with Gasteiger partial charge in [0.2, 0.25) is 0 Å². The molecule has 9 heteroatoms. The summed E-state index contributed by atoms with van der Waals surface area (Å²) in [5.74, 6) is -2.64. The van der Waals surface area contributed by atoms with Gasteiger partial charge in [0.05, 0.1) is 27.2 Å². The number of likely N-dealkylation sites (N-methyl/N-ethyl adjacent to an activating group) is 1. The van der Waals surface area contributed by atoms with E-state index in [9.17, 15) is 19.2 Å². The second-order valence-corrected chi connectivity index (χ2v) is 7.57. The first-order valence-corrected chi connectivity index (χ1v) is 9.77. The summed E-state index contributed by atoms with van der Waals surface area (Å²) in [7, 11) is 1.60. The molecule has 1 atom stereocenters. The minimum atomic E-state index is -0.879. The number of amides is 3. The average molecular weight is 449 g/mol. The van der Waals surface area contributed by atoms with Gasteiger partial charge in [0.1, 0.15) is 6.54 Å². The highest BCUT2D eigenvalue weighted by atomic mass is 35.5. The van der Waals surface area contributed by atoms with Gasteiger partial charge in [-0.25, -0.2) is 0 Å². The summed E-state index contributed by atoms with van der Waals surface area (Å²) >= 11 is 11.8. The van der Waals surface area contributed by atoms with E-state index in [4.69, 9.17) is 27.9 Å². The fraction of sp³-hybridized carbons (Fsp3) is 0.238. The van der Waals surface area contributed by atoms with Crippen LogP contribution in [0.15, 0.2) is 42.5 Å². The summed E-state index contributed by atoms with van der Waals surface area (Å²) in [6.45, 7) is 0.726. The third-order valence-corrected chi connectivity index (χ3v) is 5.63. The number of fused-ring (bicyclic) bond motifs is 1. The molecule has 1 aliphatic rings. The average Bonchev–Trinajstić information content (AvgIpc) is 2.96. The molecule has 1 aliphatic heterocycles. The van der Waals surface area contributed by atoms with Crippen molar-refractivity contribution in [3.8, 4) is 0 Å². The van der Waals surface area contributed by atoms with Gasteiger partial charge in [0, 0.05) is 7.05 Å². The SMILES string of the molecule is CC(c1ccccc1)N(C)C(=O)COC(=O)CN1C(=O)c2cc(Cl)c(Cl)cc2C1=O. The Hall–Kier alpha value is -2.90. The monoisotopic (exact) mass is 448 g/mol. The second-order valence-electron chi connectivity index (χ2n) is 6.76. The first-order chi connectivity index (χ1) is 14.2. The van der Waals surface area contributed by atoms with Gasteiger partial charge in [-0.2, -0.15) is 0 Å². The number of rotatable bonds is 6. The molecule has 0 saturated carbocycles. The predicted octanol–water partition coefficient (Wildman–Crippen LogP) is 3.35. The molecule has 30 heavy (non-hydrogen) atoms. The van der Waals surface area contributed by atoms with Gasteiger partial charge in [-0.1, -0.05) is 53.5 Å². The van der Waals surface area contributed by atoms with Crippen LogP contribution in [-0.2, 0) is 14.3 Å². The number of carbonyl (C=O) groups excluding carboxylic acids is 4. The van der Waals surface area contributed by atoms with Crippen LogP contribution in [0.2, 0.25) is 10.0 Å². The molecule has 2 aromatic carbocycles. The molecule has 1 heterocycles. The topological polar surface area (TPSA) is 84.0 Å². The minimum absolute atomic E-state index is 0.0645. The Balaban J connectivity index is 1.58. The third kappa shape index (κ3) is 4.32. The van der Waals surface area contributed by atoms with Gasteiger partial charge in [0.15, 0.2) is 6.61 Å². The summed E-state index contributed by atoms with van der Waals surface area (Å²) in [5, 5.41) is 0.254. The van der Waals surface area contributed by atoms with Crippen molar-refractivity contribution in [3.63, 3.8) is 0 Å². The van der Waals surface area contributed by atoms with Crippen molar-refractivity contribution in [1.82, 2.24) is 9.80 Å². The Morgan fingerprint density at radius 1 is 1.03 bits per heavy atom. The van der Waals surface area contributed by atoms with E-state index >= 15 is 0 Å². The fourth-order valence-corrected chi connectivity index (χ4v) is 3.34. The van der Waals surface area contributed by atoms with Gasteiger partial charge in [-0.15, -0.1) is 0 Å². The van der Waals surface area contributed by atoms with Crippen LogP contribution in [0.25, 0.3) is 0 Å². The summed E-state index contributed by atoms with van der Waals surface area (Å²) in [6, 6.07) is 11.7. The number of nitrogens with zero attached hydrogens (tertiary/aromatic N) is 2. The smallest absolute Gasteiger partial charge is 0.326 e. The molecule has 7 nitrogen and oxygen atoms in total. The molecule has 0 aromatic heterocycles. The molecule has 3 amide bonds. The first kappa shape index (κ1) is 21.8. The van der Waals surface area contributed by atoms with Crippen LogP contribution in [-0.4, -0.2) is 53.7 Å². The fourth-order valence-electron chi connectivity index (χ4n) is 3.02. The van der Waals surface area contributed by atoms with E-state index in [0.29, 0.717) is 0 Å². The van der Waals surface area contributed by atoms with E-state index in [0.717, 1.165) is 10.5 Å². The van der Waals surface area contributed by atoms with Crippen molar-refractivity contribution < 1.29 is 23.9 Å². The number of benzene rings is 2.